The molecule has 2 N–H and O–H groups in total. The molecular weight excluding hydrogens is 303 g/mol. The molecule has 0 bridgehead atoms. The van der Waals surface area contributed by atoms with Gasteiger partial charge >= 0.3 is 12.1 Å². The van der Waals surface area contributed by atoms with Crippen molar-refractivity contribution in [3.05, 3.63) is 29.3 Å². The molecule has 1 fully saturated rings. The van der Waals surface area contributed by atoms with Crippen molar-refractivity contribution in [2.45, 2.75) is 36.7 Å². The largest absolute Gasteiger partial charge is 0.478 e. The lowest BCUT2D eigenvalue weighted by Crippen LogP contribution is -2.27. The third-order valence-corrected chi connectivity index (χ3v) is 4.84. The summed E-state index contributed by atoms with van der Waals surface area (Å²) in [6, 6.07) is 2.91. The summed E-state index contributed by atoms with van der Waals surface area (Å²) < 4.78 is 38.0. The highest BCUT2D eigenvalue weighted by Crippen LogP contribution is 2.34. The molecular formula is C14H16F3NO2S. The first kappa shape index (κ1) is 16.0. The minimum absolute atomic E-state index is 0.0924. The van der Waals surface area contributed by atoms with E-state index in [0.717, 1.165) is 25.3 Å². The maximum atomic E-state index is 12.7. The van der Waals surface area contributed by atoms with Crippen LogP contribution in [0, 0.1) is 0 Å². The Labute approximate surface area is 124 Å². The number of benzene rings is 1. The summed E-state index contributed by atoms with van der Waals surface area (Å²) in [6.45, 7) is 0. The fourth-order valence-electron chi connectivity index (χ4n) is 2.60. The molecule has 2 unspecified atom stereocenters. The quantitative estimate of drug-likeness (QED) is 0.877. The second-order valence-corrected chi connectivity index (χ2v) is 6.10. The zero-order chi connectivity index (χ0) is 15.6. The summed E-state index contributed by atoms with van der Waals surface area (Å²) in [5.74, 6) is -1.36. The molecule has 21 heavy (non-hydrogen) atoms. The molecule has 3 nitrogen and oxygen atoms in total. The summed E-state index contributed by atoms with van der Waals surface area (Å²) in [6.07, 6.45) is 0.396. The number of carbonyl (C=O) groups is 1. The molecule has 1 aromatic carbocycles. The molecule has 116 valence electrons. The summed E-state index contributed by atoms with van der Waals surface area (Å²) >= 11 is 1.69. The van der Waals surface area contributed by atoms with Gasteiger partial charge in [0.1, 0.15) is 0 Å². The predicted octanol–water partition coefficient (Wildman–Crippen LogP) is 4.10. The molecule has 0 radical (unpaired) electrons. The van der Waals surface area contributed by atoms with E-state index in [2.05, 4.69) is 5.32 Å². The molecule has 7 heteroatoms. The number of thioether (sulfide) groups is 1. The van der Waals surface area contributed by atoms with Crippen molar-refractivity contribution in [2.75, 3.05) is 11.6 Å². The van der Waals surface area contributed by atoms with E-state index in [1.165, 1.54) is 6.07 Å². The fourth-order valence-corrected chi connectivity index (χ4v) is 3.53. The van der Waals surface area contributed by atoms with Crippen molar-refractivity contribution in [3.8, 4) is 0 Å². The van der Waals surface area contributed by atoms with Gasteiger partial charge in [0.15, 0.2) is 0 Å². The van der Waals surface area contributed by atoms with Crippen LogP contribution < -0.4 is 5.32 Å². The van der Waals surface area contributed by atoms with Crippen LogP contribution in [-0.2, 0) is 6.18 Å². The van der Waals surface area contributed by atoms with Gasteiger partial charge in [0.2, 0.25) is 0 Å². The van der Waals surface area contributed by atoms with Crippen molar-refractivity contribution in [3.63, 3.8) is 0 Å². The molecule has 0 heterocycles. The van der Waals surface area contributed by atoms with E-state index >= 15 is 0 Å². The van der Waals surface area contributed by atoms with Crippen molar-refractivity contribution >= 4 is 23.4 Å². The van der Waals surface area contributed by atoms with Crippen molar-refractivity contribution < 1.29 is 23.1 Å². The number of nitrogens with one attached hydrogen (secondary N) is 1. The summed E-state index contributed by atoms with van der Waals surface area (Å²) in [7, 11) is 0. The van der Waals surface area contributed by atoms with Gasteiger partial charge in [0.25, 0.3) is 0 Å². The third kappa shape index (κ3) is 3.64. The van der Waals surface area contributed by atoms with Gasteiger partial charge in [0, 0.05) is 17.0 Å². The predicted molar refractivity (Wildman–Crippen MR) is 77.0 cm³/mol. The number of anilines is 1. The summed E-state index contributed by atoms with van der Waals surface area (Å²) in [5.41, 5.74) is -1.03. The van der Waals surface area contributed by atoms with E-state index in [9.17, 15) is 18.0 Å². The van der Waals surface area contributed by atoms with Gasteiger partial charge in [-0.3, -0.25) is 0 Å². The Kier molecular flexibility index (Phi) is 4.70. The number of rotatable bonds is 4. The molecule has 2 rings (SSSR count). The maximum Gasteiger partial charge on any atom is 0.416 e. The topological polar surface area (TPSA) is 49.3 Å². The Morgan fingerprint density at radius 3 is 2.67 bits per heavy atom. The smallest absolute Gasteiger partial charge is 0.416 e. The normalized spacial score (nSPS) is 22.3. The van der Waals surface area contributed by atoms with E-state index in [4.69, 9.17) is 5.11 Å². The standard InChI is InChI=1S/C14H16F3NO2S/c1-21-12-4-2-3-11(12)18-10-6-5-8(14(15,16)17)7-9(10)13(19)20/h5-7,11-12,18H,2-4H2,1H3,(H,19,20). The molecule has 0 saturated heterocycles. The highest BCUT2D eigenvalue weighted by atomic mass is 32.2. The maximum absolute atomic E-state index is 12.7. The summed E-state index contributed by atoms with van der Waals surface area (Å²) in [5, 5.41) is 12.6. The molecule has 1 aromatic rings. The lowest BCUT2D eigenvalue weighted by molar-refractivity contribution is -0.137. The van der Waals surface area contributed by atoms with E-state index in [1.807, 2.05) is 6.26 Å². The Morgan fingerprint density at radius 1 is 1.38 bits per heavy atom. The minimum Gasteiger partial charge on any atom is -0.478 e. The molecule has 0 amide bonds. The van der Waals surface area contributed by atoms with E-state index < -0.39 is 17.7 Å². The number of halogens is 3. The van der Waals surface area contributed by atoms with E-state index in [-0.39, 0.29) is 17.3 Å². The first-order chi connectivity index (χ1) is 9.82. The van der Waals surface area contributed by atoms with Gasteiger partial charge < -0.3 is 10.4 Å². The van der Waals surface area contributed by atoms with Gasteiger partial charge in [-0.25, -0.2) is 4.79 Å². The molecule has 1 aliphatic carbocycles. The molecule has 0 aliphatic heterocycles. The average Bonchev–Trinajstić information content (AvgIpc) is 2.84. The van der Waals surface area contributed by atoms with Crippen LogP contribution in [0.2, 0.25) is 0 Å². The first-order valence-electron chi connectivity index (χ1n) is 6.57. The van der Waals surface area contributed by atoms with Crippen LogP contribution in [0.15, 0.2) is 18.2 Å². The van der Waals surface area contributed by atoms with Crippen LogP contribution in [-0.4, -0.2) is 28.6 Å². The van der Waals surface area contributed by atoms with Crippen molar-refractivity contribution in [1.82, 2.24) is 0 Å². The molecule has 1 saturated carbocycles. The fraction of sp³-hybridized carbons (Fsp3) is 0.500. The third-order valence-electron chi connectivity index (χ3n) is 3.67. The molecule has 1 aliphatic rings. The second kappa shape index (κ2) is 6.17. The van der Waals surface area contributed by atoms with Crippen LogP contribution in [0.1, 0.15) is 35.2 Å². The van der Waals surface area contributed by atoms with Crippen molar-refractivity contribution in [2.24, 2.45) is 0 Å². The number of hydrogen-bond acceptors (Lipinski definition) is 3. The Hall–Kier alpha value is -1.37. The Morgan fingerprint density at radius 2 is 2.10 bits per heavy atom. The lowest BCUT2D eigenvalue weighted by Gasteiger charge is -2.22. The number of carboxylic acids is 1. The molecule has 0 aromatic heterocycles. The van der Waals surface area contributed by atoms with Gasteiger partial charge in [-0.2, -0.15) is 24.9 Å². The van der Waals surface area contributed by atoms with Gasteiger partial charge in [-0.1, -0.05) is 6.42 Å². The molecule has 2 atom stereocenters. The van der Waals surface area contributed by atoms with Gasteiger partial charge in [-0.15, -0.1) is 0 Å². The lowest BCUT2D eigenvalue weighted by atomic mass is 10.1. The monoisotopic (exact) mass is 319 g/mol. The van der Waals surface area contributed by atoms with Gasteiger partial charge in [-0.05, 0) is 37.3 Å². The zero-order valence-electron chi connectivity index (χ0n) is 11.4. The molecule has 0 spiro atoms. The first-order valence-corrected chi connectivity index (χ1v) is 7.85. The van der Waals surface area contributed by atoms with Crippen LogP contribution in [0.25, 0.3) is 0 Å². The average molecular weight is 319 g/mol. The van der Waals surface area contributed by atoms with Gasteiger partial charge in [0.05, 0.1) is 11.1 Å². The number of aromatic carboxylic acids is 1. The van der Waals surface area contributed by atoms with Crippen LogP contribution in [0.3, 0.4) is 0 Å². The number of carboxylic acid groups (broad SMARTS) is 1. The minimum atomic E-state index is -4.54. The number of alkyl halides is 3. The zero-order valence-corrected chi connectivity index (χ0v) is 12.2. The second-order valence-electron chi connectivity index (χ2n) is 5.02. The van der Waals surface area contributed by atoms with E-state index in [0.29, 0.717) is 11.3 Å². The highest BCUT2D eigenvalue weighted by molar-refractivity contribution is 7.99. The SMILES string of the molecule is CSC1CCCC1Nc1ccc(C(F)(F)F)cc1C(=O)O. The summed E-state index contributed by atoms with van der Waals surface area (Å²) in [4.78, 5) is 11.2. The Balaban J connectivity index is 2.29. The Bertz CT molecular complexity index is 533. The van der Waals surface area contributed by atoms with Crippen molar-refractivity contribution in [1.29, 1.82) is 0 Å². The van der Waals surface area contributed by atoms with Crippen LogP contribution in [0.4, 0.5) is 18.9 Å². The van der Waals surface area contributed by atoms with Crippen LogP contribution in [0.5, 0.6) is 0 Å². The van der Waals surface area contributed by atoms with E-state index in [1.54, 1.807) is 11.8 Å². The number of hydrogen-bond donors (Lipinski definition) is 2. The highest BCUT2D eigenvalue weighted by Gasteiger charge is 2.33. The van der Waals surface area contributed by atoms with Crippen LogP contribution >= 0.6 is 11.8 Å².